The first-order valence-corrected chi connectivity index (χ1v) is 7.77. The minimum atomic E-state index is -2.84. The van der Waals surface area contributed by atoms with Gasteiger partial charge >= 0.3 is 0 Å². The highest BCUT2D eigenvalue weighted by Crippen LogP contribution is 2.40. The lowest BCUT2D eigenvalue weighted by Crippen LogP contribution is -2.06. The molecule has 25 heavy (non-hydrogen) atoms. The van der Waals surface area contributed by atoms with Crippen molar-refractivity contribution in [1.82, 2.24) is 0 Å². The molecule has 2 aromatic carbocycles. The van der Waals surface area contributed by atoms with E-state index in [0.717, 1.165) is 23.6 Å². The number of rotatable bonds is 6. The summed E-state index contributed by atoms with van der Waals surface area (Å²) in [6.07, 6.45) is 1.91. The fourth-order valence-corrected chi connectivity index (χ4v) is 2.51. The zero-order valence-corrected chi connectivity index (χ0v) is 15.0. The van der Waals surface area contributed by atoms with Gasteiger partial charge in [-0.1, -0.05) is 30.3 Å². The largest absolute Gasteiger partial charge is 0.493 e. The van der Waals surface area contributed by atoms with Gasteiger partial charge in [-0.05, 0) is 35.8 Å². The standard InChI is InChI=1S/C20H22F2O3/c1-13(10-14-6-8-16(9-7-14)20(2,21)22)15-11-17(23-3)19(25-5)18(12-15)24-4/h6-12H,1-5H3/b13-10+. The molecule has 0 saturated heterocycles. The summed E-state index contributed by atoms with van der Waals surface area (Å²) in [6.45, 7) is 2.82. The first-order chi connectivity index (χ1) is 11.8. The molecule has 0 aliphatic rings. The van der Waals surface area contributed by atoms with Crippen LogP contribution in [-0.2, 0) is 5.92 Å². The maximum Gasteiger partial charge on any atom is 0.270 e. The second-order valence-corrected chi connectivity index (χ2v) is 5.75. The smallest absolute Gasteiger partial charge is 0.270 e. The molecule has 5 heteroatoms. The monoisotopic (exact) mass is 348 g/mol. The van der Waals surface area contributed by atoms with Crippen molar-refractivity contribution in [2.45, 2.75) is 19.8 Å². The molecule has 0 N–H and O–H groups in total. The van der Waals surface area contributed by atoms with Crippen LogP contribution in [-0.4, -0.2) is 21.3 Å². The summed E-state index contributed by atoms with van der Waals surface area (Å²) in [5.74, 6) is -1.19. The third kappa shape index (κ3) is 4.29. The van der Waals surface area contributed by atoms with E-state index in [2.05, 4.69) is 0 Å². The molecule has 0 unspecified atom stereocenters. The third-order valence-corrected chi connectivity index (χ3v) is 3.92. The predicted octanol–water partition coefficient (Wildman–Crippen LogP) is 5.38. The number of methoxy groups -OCH3 is 3. The van der Waals surface area contributed by atoms with E-state index in [9.17, 15) is 8.78 Å². The van der Waals surface area contributed by atoms with E-state index in [4.69, 9.17) is 14.2 Å². The van der Waals surface area contributed by atoms with Crippen LogP contribution in [0, 0.1) is 0 Å². The van der Waals surface area contributed by atoms with Crippen molar-refractivity contribution < 1.29 is 23.0 Å². The van der Waals surface area contributed by atoms with Crippen LogP contribution in [0.25, 0.3) is 11.6 Å². The van der Waals surface area contributed by atoms with Gasteiger partial charge < -0.3 is 14.2 Å². The highest BCUT2D eigenvalue weighted by Gasteiger charge is 2.23. The molecule has 0 atom stereocenters. The Labute approximate surface area is 146 Å². The van der Waals surface area contributed by atoms with Crippen LogP contribution in [0.5, 0.6) is 17.2 Å². The number of alkyl halides is 2. The van der Waals surface area contributed by atoms with E-state index in [-0.39, 0.29) is 5.56 Å². The van der Waals surface area contributed by atoms with E-state index in [1.165, 1.54) is 12.1 Å². The maximum atomic E-state index is 13.3. The summed E-state index contributed by atoms with van der Waals surface area (Å²) >= 11 is 0. The fraction of sp³-hybridized carbons (Fsp3) is 0.300. The van der Waals surface area contributed by atoms with Gasteiger partial charge in [0.15, 0.2) is 11.5 Å². The molecule has 0 amide bonds. The van der Waals surface area contributed by atoms with Crippen molar-refractivity contribution in [2.75, 3.05) is 21.3 Å². The van der Waals surface area contributed by atoms with Crippen LogP contribution >= 0.6 is 0 Å². The van der Waals surface area contributed by atoms with Gasteiger partial charge in [-0.3, -0.25) is 0 Å². The Morgan fingerprint density at radius 3 is 1.84 bits per heavy atom. The van der Waals surface area contributed by atoms with Crippen molar-refractivity contribution in [1.29, 1.82) is 0 Å². The van der Waals surface area contributed by atoms with Crippen molar-refractivity contribution >= 4 is 11.6 Å². The predicted molar refractivity (Wildman–Crippen MR) is 95.7 cm³/mol. The SMILES string of the molecule is COc1cc(/C(C)=C/c2ccc(C(C)(F)F)cc2)cc(OC)c1OC. The molecule has 0 fully saturated rings. The Bertz CT molecular complexity index is 734. The molecule has 0 aliphatic carbocycles. The van der Waals surface area contributed by atoms with Crippen LogP contribution in [0.4, 0.5) is 8.78 Å². The minimum absolute atomic E-state index is 0.00455. The zero-order valence-electron chi connectivity index (χ0n) is 15.0. The van der Waals surface area contributed by atoms with Crippen LogP contribution in [0.1, 0.15) is 30.5 Å². The molecular formula is C20H22F2O3. The van der Waals surface area contributed by atoms with Crippen LogP contribution < -0.4 is 14.2 Å². The van der Waals surface area contributed by atoms with Gasteiger partial charge in [-0.15, -0.1) is 0 Å². The number of allylic oxidation sites excluding steroid dienone is 1. The van der Waals surface area contributed by atoms with E-state index < -0.39 is 5.92 Å². The van der Waals surface area contributed by atoms with Crippen LogP contribution in [0.15, 0.2) is 36.4 Å². The number of hydrogen-bond donors (Lipinski definition) is 0. The third-order valence-electron chi connectivity index (χ3n) is 3.92. The molecule has 0 radical (unpaired) electrons. The van der Waals surface area contributed by atoms with Gasteiger partial charge in [0, 0.05) is 12.5 Å². The van der Waals surface area contributed by atoms with Gasteiger partial charge in [-0.2, -0.15) is 0 Å². The Morgan fingerprint density at radius 2 is 1.44 bits per heavy atom. The molecular weight excluding hydrogens is 326 g/mol. The number of benzene rings is 2. The molecule has 0 aliphatic heterocycles. The average Bonchev–Trinajstić information content (AvgIpc) is 2.59. The molecule has 2 aromatic rings. The van der Waals surface area contributed by atoms with Crippen molar-refractivity contribution in [3.8, 4) is 17.2 Å². The molecule has 0 bridgehead atoms. The lowest BCUT2D eigenvalue weighted by Gasteiger charge is -2.14. The zero-order chi connectivity index (χ0) is 18.6. The molecule has 2 rings (SSSR count). The normalized spacial score (nSPS) is 12.0. The van der Waals surface area contributed by atoms with E-state index >= 15 is 0 Å². The molecule has 0 saturated carbocycles. The topological polar surface area (TPSA) is 27.7 Å². The lowest BCUT2D eigenvalue weighted by molar-refractivity contribution is 0.0175. The molecule has 134 valence electrons. The van der Waals surface area contributed by atoms with Gasteiger partial charge in [-0.25, -0.2) is 8.78 Å². The summed E-state index contributed by atoms with van der Waals surface area (Å²) < 4.78 is 42.6. The summed E-state index contributed by atoms with van der Waals surface area (Å²) in [5.41, 5.74) is 2.66. The molecule has 0 heterocycles. The maximum absolute atomic E-state index is 13.3. The molecule has 0 aromatic heterocycles. The van der Waals surface area contributed by atoms with E-state index in [0.29, 0.717) is 17.2 Å². The second-order valence-electron chi connectivity index (χ2n) is 5.75. The average molecular weight is 348 g/mol. The summed E-state index contributed by atoms with van der Waals surface area (Å²) in [5, 5.41) is 0. The highest BCUT2D eigenvalue weighted by atomic mass is 19.3. The number of hydrogen-bond acceptors (Lipinski definition) is 3. The van der Waals surface area contributed by atoms with Crippen LogP contribution in [0.3, 0.4) is 0 Å². The fourth-order valence-electron chi connectivity index (χ4n) is 2.51. The van der Waals surface area contributed by atoms with Gasteiger partial charge in [0.25, 0.3) is 5.92 Å². The Hall–Kier alpha value is -2.56. The van der Waals surface area contributed by atoms with Crippen LogP contribution in [0.2, 0.25) is 0 Å². The van der Waals surface area contributed by atoms with E-state index in [1.54, 1.807) is 33.5 Å². The van der Waals surface area contributed by atoms with Gasteiger partial charge in [0.2, 0.25) is 5.75 Å². The van der Waals surface area contributed by atoms with Crippen molar-refractivity contribution in [2.24, 2.45) is 0 Å². The Kier molecular flexibility index (Phi) is 5.67. The minimum Gasteiger partial charge on any atom is -0.493 e. The second kappa shape index (κ2) is 7.55. The quantitative estimate of drug-likeness (QED) is 0.656. The summed E-state index contributed by atoms with van der Waals surface area (Å²) in [4.78, 5) is 0. The number of ether oxygens (including phenoxy) is 3. The first-order valence-electron chi connectivity index (χ1n) is 7.77. The van der Waals surface area contributed by atoms with Crippen molar-refractivity contribution in [3.63, 3.8) is 0 Å². The number of halogens is 2. The summed E-state index contributed by atoms with van der Waals surface area (Å²) in [6, 6.07) is 9.93. The lowest BCUT2D eigenvalue weighted by atomic mass is 10.0. The molecule has 3 nitrogen and oxygen atoms in total. The highest BCUT2D eigenvalue weighted by molar-refractivity contribution is 5.82. The Balaban J connectivity index is 2.39. The van der Waals surface area contributed by atoms with Crippen molar-refractivity contribution in [3.05, 3.63) is 53.1 Å². The van der Waals surface area contributed by atoms with Gasteiger partial charge in [0.05, 0.1) is 21.3 Å². The summed E-state index contributed by atoms with van der Waals surface area (Å²) in [7, 11) is 4.67. The molecule has 0 spiro atoms. The Morgan fingerprint density at radius 1 is 0.920 bits per heavy atom. The first kappa shape index (κ1) is 18.8. The van der Waals surface area contributed by atoms with Gasteiger partial charge in [0.1, 0.15) is 0 Å². The van der Waals surface area contributed by atoms with E-state index in [1.807, 2.05) is 25.1 Å².